The largest absolute Gasteiger partial charge is 0.423 e. The molecule has 3 aromatic rings. The van der Waals surface area contributed by atoms with Gasteiger partial charge in [0, 0.05) is 31.4 Å². The van der Waals surface area contributed by atoms with Crippen molar-refractivity contribution in [2.45, 2.75) is 18.8 Å². The van der Waals surface area contributed by atoms with E-state index in [0.717, 1.165) is 48.9 Å². The Morgan fingerprint density at radius 1 is 1.30 bits per heavy atom. The molecule has 102 valence electrons. The predicted molar refractivity (Wildman–Crippen MR) is 76.8 cm³/mol. The van der Waals surface area contributed by atoms with Gasteiger partial charge in [-0.15, -0.1) is 0 Å². The molecular weight excluding hydrogens is 252 g/mol. The number of aromatic amines is 1. The number of imidazole rings is 1. The van der Waals surface area contributed by atoms with Crippen molar-refractivity contribution >= 4 is 17.1 Å². The number of para-hydroxylation sites is 2. The van der Waals surface area contributed by atoms with Crippen LogP contribution in [0.3, 0.4) is 0 Å². The van der Waals surface area contributed by atoms with Crippen molar-refractivity contribution in [3.05, 3.63) is 42.5 Å². The van der Waals surface area contributed by atoms with Gasteiger partial charge < -0.3 is 14.3 Å². The lowest BCUT2D eigenvalue weighted by molar-refractivity contribution is 0.459. The van der Waals surface area contributed by atoms with Crippen LogP contribution >= 0.6 is 0 Å². The fraction of sp³-hybridized carbons (Fsp3) is 0.333. The number of aromatic nitrogens is 3. The average Bonchev–Trinajstić information content (AvgIpc) is 3.16. The number of benzene rings is 1. The Balaban J connectivity index is 1.61. The molecule has 1 fully saturated rings. The molecule has 0 aliphatic carbocycles. The molecule has 3 heterocycles. The summed E-state index contributed by atoms with van der Waals surface area (Å²) >= 11 is 0. The zero-order valence-electron chi connectivity index (χ0n) is 11.1. The second-order valence-electron chi connectivity index (χ2n) is 5.22. The Morgan fingerprint density at radius 2 is 2.25 bits per heavy atom. The molecule has 0 unspecified atom stereocenters. The molecule has 1 N–H and O–H groups in total. The average molecular weight is 268 g/mol. The lowest BCUT2D eigenvalue weighted by Crippen LogP contribution is -2.34. The van der Waals surface area contributed by atoms with E-state index in [1.807, 2.05) is 36.7 Å². The third-order valence-electron chi connectivity index (χ3n) is 3.88. The summed E-state index contributed by atoms with van der Waals surface area (Å²) in [4.78, 5) is 14.4. The molecule has 2 aromatic heterocycles. The molecule has 5 heteroatoms. The molecule has 0 amide bonds. The van der Waals surface area contributed by atoms with Crippen molar-refractivity contribution in [2.24, 2.45) is 0 Å². The standard InChI is InChI=1S/C15H16N4O/c1-2-6-13-12(5-1)18-15(20-13)19-9-3-4-11(10-19)14-16-7-8-17-14/h1-2,5-8,11H,3-4,9-10H2,(H,16,17)/t11-/m1/s1. The van der Waals surface area contributed by atoms with Crippen molar-refractivity contribution in [2.75, 3.05) is 18.0 Å². The lowest BCUT2D eigenvalue weighted by atomic mass is 9.98. The summed E-state index contributed by atoms with van der Waals surface area (Å²) in [7, 11) is 0. The molecule has 1 atom stereocenters. The first-order valence-corrected chi connectivity index (χ1v) is 7.00. The second-order valence-corrected chi connectivity index (χ2v) is 5.22. The van der Waals surface area contributed by atoms with Crippen molar-refractivity contribution in [3.8, 4) is 0 Å². The Kier molecular flexibility index (Phi) is 2.69. The molecule has 0 bridgehead atoms. The van der Waals surface area contributed by atoms with E-state index < -0.39 is 0 Å². The summed E-state index contributed by atoms with van der Waals surface area (Å²) in [5.74, 6) is 1.49. The van der Waals surface area contributed by atoms with Crippen LogP contribution in [0.25, 0.3) is 11.1 Å². The first-order chi connectivity index (χ1) is 9.90. The topological polar surface area (TPSA) is 58.0 Å². The van der Waals surface area contributed by atoms with Crippen LogP contribution in [0.5, 0.6) is 0 Å². The Morgan fingerprint density at radius 3 is 3.10 bits per heavy atom. The van der Waals surface area contributed by atoms with Crippen LogP contribution in [0.2, 0.25) is 0 Å². The summed E-state index contributed by atoms with van der Waals surface area (Å²) in [6.07, 6.45) is 5.98. The highest BCUT2D eigenvalue weighted by atomic mass is 16.4. The van der Waals surface area contributed by atoms with E-state index in [-0.39, 0.29) is 0 Å². The van der Waals surface area contributed by atoms with E-state index in [4.69, 9.17) is 4.42 Å². The van der Waals surface area contributed by atoms with Gasteiger partial charge in [-0.3, -0.25) is 0 Å². The van der Waals surface area contributed by atoms with Gasteiger partial charge in [-0.05, 0) is 25.0 Å². The van der Waals surface area contributed by atoms with E-state index in [2.05, 4.69) is 19.9 Å². The summed E-state index contributed by atoms with van der Waals surface area (Å²) in [6.45, 7) is 1.89. The monoisotopic (exact) mass is 268 g/mol. The number of hydrogen-bond donors (Lipinski definition) is 1. The molecule has 20 heavy (non-hydrogen) atoms. The van der Waals surface area contributed by atoms with Crippen LogP contribution in [-0.4, -0.2) is 28.0 Å². The third kappa shape index (κ3) is 1.95. The molecular formula is C15H16N4O. The van der Waals surface area contributed by atoms with Gasteiger partial charge in [0.1, 0.15) is 11.3 Å². The molecule has 4 rings (SSSR count). The van der Waals surface area contributed by atoms with Crippen LogP contribution in [0.4, 0.5) is 6.01 Å². The smallest absolute Gasteiger partial charge is 0.298 e. The number of rotatable bonds is 2. The van der Waals surface area contributed by atoms with Crippen LogP contribution < -0.4 is 4.90 Å². The van der Waals surface area contributed by atoms with Gasteiger partial charge in [-0.25, -0.2) is 4.98 Å². The number of fused-ring (bicyclic) bond motifs is 1. The minimum Gasteiger partial charge on any atom is -0.423 e. The maximum atomic E-state index is 5.86. The number of nitrogens with one attached hydrogen (secondary N) is 1. The van der Waals surface area contributed by atoms with Gasteiger partial charge in [-0.2, -0.15) is 4.98 Å². The van der Waals surface area contributed by atoms with E-state index in [1.54, 1.807) is 0 Å². The van der Waals surface area contributed by atoms with Gasteiger partial charge in [0.05, 0.1) is 0 Å². The summed E-state index contributed by atoms with van der Waals surface area (Å²) < 4.78 is 5.86. The minimum atomic E-state index is 0.425. The normalized spacial score (nSPS) is 19.6. The van der Waals surface area contributed by atoms with Gasteiger partial charge in [0.25, 0.3) is 6.01 Å². The fourth-order valence-corrected chi connectivity index (χ4v) is 2.87. The maximum absolute atomic E-state index is 5.86. The van der Waals surface area contributed by atoms with Crippen molar-refractivity contribution in [3.63, 3.8) is 0 Å². The van der Waals surface area contributed by atoms with Gasteiger partial charge in [-0.1, -0.05) is 12.1 Å². The molecule has 1 aliphatic rings. The molecule has 5 nitrogen and oxygen atoms in total. The number of nitrogens with zero attached hydrogens (tertiary/aromatic N) is 3. The van der Waals surface area contributed by atoms with Crippen molar-refractivity contribution < 1.29 is 4.42 Å². The lowest BCUT2D eigenvalue weighted by Gasteiger charge is -2.30. The van der Waals surface area contributed by atoms with Crippen molar-refractivity contribution in [1.82, 2.24) is 15.0 Å². The molecule has 1 aromatic carbocycles. The fourth-order valence-electron chi connectivity index (χ4n) is 2.87. The minimum absolute atomic E-state index is 0.425. The summed E-state index contributed by atoms with van der Waals surface area (Å²) in [6, 6.07) is 8.62. The Labute approximate surface area is 116 Å². The Hall–Kier alpha value is -2.30. The predicted octanol–water partition coefficient (Wildman–Crippen LogP) is 2.93. The molecule has 0 saturated carbocycles. The van der Waals surface area contributed by atoms with Gasteiger partial charge >= 0.3 is 0 Å². The number of hydrogen-bond acceptors (Lipinski definition) is 4. The Bertz CT molecular complexity index is 671. The van der Waals surface area contributed by atoms with Gasteiger partial charge in [0.15, 0.2) is 5.58 Å². The third-order valence-corrected chi connectivity index (χ3v) is 3.88. The molecule has 1 saturated heterocycles. The van der Waals surface area contributed by atoms with E-state index >= 15 is 0 Å². The summed E-state index contributed by atoms with van der Waals surface area (Å²) in [5.41, 5.74) is 1.77. The first-order valence-electron chi connectivity index (χ1n) is 7.00. The SMILES string of the molecule is c1ccc2oc(N3CCC[C@@H](c4ncc[nH]4)C3)nc2c1. The quantitative estimate of drug-likeness (QED) is 0.776. The zero-order valence-corrected chi connectivity index (χ0v) is 11.1. The second kappa shape index (κ2) is 4.67. The highest BCUT2D eigenvalue weighted by Gasteiger charge is 2.25. The van der Waals surface area contributed by atoms with Crippen LogP contribution in [-0.2, 0) is 0 Å². The van der Waals surface area contributed by atoms with Gasteiger partial charge in [0.2, 0.25) is 0 Å². The van der Waals surface area contributed by atoms with E-state index in [0.29, 0.717) is 5.92 Å². The highest BCUT2D eigenvalue weighted by molar-refractivity contribution is 5.74. The van der Waals surface area contributed by atoms with Crippen LogP contribution in [0.15, 0.2) is 41.1 Å². The van der Waals surface area contributed by atoms with Crippen LogP contribution in [0, 0.1) is 0 Å². The molecule has 0 radical (unpaired) electrons. The summed E-state index contributed by atoms with van der Waals surface area (Å²) in [5, 5.41) is 0. The first kappa shape index (κ1) is 11.5. The van der Waals surface area contributed by atoms with E-state index in [1.165, 1.54) is 0 Å². The van der Waals surface area contributed by atoms with Crippen LogP contribution in [0.1, 0.15) is 24.6 Å². The molecule has 1 aliphatic heterocycles. The van der Waals surface area contributed by atoms with E-state index in [9.17, 15) is 0 Å². The number of H-pyrrole nitrogens is 1. The zero-order chi connectivity index (χ0) is 13.4. The highest BCUT2D eigenvalue weighted by Crippen LogP contribution is 2.29. The maximum Gasteiger partial charge on any atom is 0.298 e. The van der Waals surface area contributed by atoms with Crippen molar-refractivity contribution in [1.29, 1.82) is 0 Å². The number of oxazole rings is 1. The molecule has 0 spiro atoms. The number of piperidine rings is 1. The number of anilines is 1.